The molecule has 3 nitrogen and oxygen atoms in total. The molecule has 0 heterocycles. The summed E-state index contributed by atoms with van der Waals surface area (Å²) < 4.78 is 18.2. The normalized spacial score (nSPS) is 12.2. The number of ether oxygens (including phenoxy) is 1. The third-order valence-corrected chi connectivity index (χ3v) is 2.56. The van der Waals surface area contributed by atoms with Crippen LogP contribution in [0.3, 0.4) is 0 Å². The van der Waals surface area contributed by atoms with Crippen LogP contribution >= 0.6 is 11.6 Å². The molecule has 16 heavy (non-hydrogen) atoms. The number of benzene rings is 1. The zero-order valence-corrected chi connectivity index (χ0v) is 9.71. The number of rotatable bonds is 4. The van der Waals surface area contributed by atoms with Gasteiger partial charge < -0.3 is 9.84 Å². The lowest BCUT2D eigenvalue weighted by Gasteiger charge is -2.12. The van der Waals surface area contributed by atoms with Gasteiger partial charge in [0.25, 0.3) is 0 Å². The van der Waals surface area contributed by atoms with Gasteiger partial charge in [0.05, 0.1) is 18.6 Å². The average molecular weight is 247 g/mol. The number of halogens is 2. The summed E-state index contributed by atoms with van der Waals surface area (Å²) >= 11 is 5.80. The van der Waals surface area contributed by atoms with E-state index in [1.54, 1.807) is 6.92 Å². The third-order valence-electron chi connectivity index (χ3n) is 2.27. The fraction of sp³-hybridized carbons (Fsp3) is 0.364. The minimum Gasteiger partial charge on any atom is -0.492 e. The standard InChI is InChI=1S/C11H12ClFO3/c1-6(3-10(14)15)7-4-8(12)11(16-2)9(13)5-7/h4-6H,3H2,1-2H3,(H,14,15). The fourth-order valence-electron chi connectivity index (χ4n) is 1.44. The van der Waals surface area contributed by atoms with E-state index >= 15 is 0 Å². The average Bonchev–Trinajstić information content (AvgIpc) is 2.16. The summed E-state index contributed by atoms with van der Waals surface area (Å²) in [6.07, 6.45) is -0.0674. The predicted octanol–water partition coefficient (Wildman–Crippen LogP) is 3.07. The van der Waals surface area contributed by atoms with Crippen LogP contribution in [0.1, 0.15) is 24.8 Å². The number of carboxylic acids is 1. The predicted molar refractivity (Wildman–Crippen MR) is 58.6 cm³/mol. The van der Waals surface area contributed by atoms with Gasteiger partial charge in [-0.25, -0.2) is 4.39 Å². The summed E-state index contributed by atoms with van der Waals surface area (Å²) in [6, 6.07) is 2.77. The Balaban J connectivity index is 3.03. The van der Waals surface area contributed by atoms with E-state index in [0.717, 1.165) is 0 Å². The number of carbonyl (C=O) groups is 1. The summed E-state index contributed by atoms with van der Waals surface area (Å²) in [5.74, 6) is -1.83. The first-order valence-electron chi connectivity index (χ1n) is 4.70. The summed E-state index contributed by atoms with van der Waals surface area (Å²) in [6.45, 7) is 1.70. The van der Waals surface area contributed by atoms with E-state index in [9.17, 15) is 9.18 Å². The number of hydrogen-bond donors (Lipinski definition) is 1. The van der Waals surface area contributed by atoms with E-state index in [-0.39, 0.29) is 23.1 Å². The molecule has 0 saturated carbocycles. The van der Waals surface area contributed by atoms with E-state index in [0.29, 0.717) is 5.56 Å². The van der Waals surface area contributed by atoms with Crippen molar-refractivity contribution in [3.05, 3.63) is 28.5 Å². The van der Waals surface area contributed by atoms with Crippen LogP contribution in [0.5, 0.6) is 5.75 Å². The monoisotopic (exact) mass is 246 g/mol. The molecule has 0 fully saturated rings. The van der Waals surface area contributed by atoms with Gasteiger partial charge in [0.2, 0.25) is 0 Å². The van der Waals surface area contributed by atoms with Crippen molar-refractivity contribution in [3.8, 4) is 5.75 Å². The molecule has 1 rings (SSSR count). The zero-order valence-electron chi connectivity index (χ0n) is 8.96. The van der Waals surface area contributed by atoms with Crippen LogP contribution in [-0.2, 0) is 4.79 Å². The number of aliphatic carboxylic acids is 1. The minimum atomic E-state index is -0.931. The lowest BCUT2D eigenvalue weighted by molar-refractivity contribution is -0.137. The van der Waals surface area contributed by atoms with Crippen molar-refractivity contribution in [2.24, 2.45) is 0 Å². The fourth-order valence-corrected chi connectivity index (χ4v) is 1.73. The van der Waals surface area contributed by atoms with E-state index in [1.807, 2.05) is 0 Å². The smallest absolute Gasteiger partial charge is 0.303 e. The summed E-state index contributed by atoms with van der Waals surface area (Å²) in [5, 5.41) is 8.78. The van der Waals surface area contributed by atoms with Crippen molar-refractivity contribution in [3.63, 3.8) is 0 Å². The van der Waals surface area contributed by atoms with E-state index in [4.69, 9.17) is 21.4 Å². The van der Waals surface area contributed by atoms with Gasteiger partial charge in [0.15, 0.2) is 11.6 Å². The molecule has 0 saturated heterocycles. The summed E-state index contributed by atoms with van der Waals surface area (Å²) in [4.78, 5) is 10.5. The van der Waals surface area contributed by atoms with Crippen molar-refractivity contribution < 1.29 is 19.0 Å². The van der Waals surface area contributed by atoms with Gasteiger partial charge in [-0.1, -0.05) is 18.5 Å². The molecule has 1 aromatic carbocycles. The number of methoxy groups -OCH3 is 1. The zero-order chi connectivity index (χ0) is 12.3. The molecule has 0 radical (unpaired) electrons. The maximum Gasteiger partial charge on any atom is 0.303 e. The van der Waals surface area contributed by atoms with Crippen LogP contribution in [0.15, 0.2) is 12.1 Å². The highest BCUT2D eigenvalue weighted by Crippen LogP contribution is 2.32. The second kappa shape index (κ2) is 5.16. The Bertz CT molecular complexity index is 383. The molecule has 1 aromatic rings. The molecule has 0 bridgehead atoms. The largest absolute Gasteiger partial charge is 0.492 e. The third kappa shape index (κ3) is 2.85. The highest BCUT2D eigenvalue weighted by Gasteiger charge is 2.15. The first kappa shape index (κ1) is 12.8. The topological polar surface area (TPSA) is 46.5 Å². The molecule has 0 aliphatic heterocycles. The van der Waals surface area contributed by atoms with E-state index in [2.05, 4.69) is 0 Å². The lowest BCUT2D eigenvalue weighted by Crippen LogP contribution is -2.04. The molecule has 0 amide bonds. The van der Waals surface area contributed by atoms with Gasteiger partial charge in [-0.05, 0) is 23.6 Å². The first-order chi connectivity index (χ1) is 7.45. The van der Waals surface area contributed by atoms with E-state index in [1.165, 1.54) is 19.2 Å². The van der Waals surface area contributed by atoms with Crippen LogP contribution < -0.4 is 4.74 Å². The first-order valence-corrected chi connectivity index (χ1v) is 5.08. The quantitative estimate of drug-likeness (QED) is 0.888. The molecular formula is C11H12ClFO3. The van der Waals surface area contributed by atoms with Gasteiger partial charge in [-0.15, -0.1) is 0 Å². The minimum absolute atomic E-state index is 0.0204. The molecule has 5 heteroatoms. The summed E-state index contributed by atoms with van der Waals surface area (Å²) in [7, 11) is 1.32. The van der Waals surface area contributed by atoms with Crippen molar-refractivity contribution in [1.29, 1.82) is 0 Å². The Morgan fingerprint density at radius 3 is 2.69 bits per heavy atom. The SMILES string of the molecule is COc1c(F)cc(C(C)CC(=O)O)cc1Cl. The van der Waals surface area contributed by atoms with E-state index < -0.39 is 11.8 Å². The maximum atomic E-state index is 13.5. The Hall–Kier alpha value is -1.29. The maximum absolute atomic E-state index is 13.5. The molecular weight excluding hydrogens is 235 g/mol. The van der Waals surface area contributed by atoms with Gasteiger partial charge in [0, 0.05) is 0 Å². The van der Waals surface area contributed by atoms with Gasteiger partial charge >= 0.3 is 5.97 Å². The second-order valence-electron chi connectivity index (χ2n) is 3.52. The second-order valence-corrected chi connectivity index (χ2v) is 3.92. The van der Waals surface area contributed by atoms with Gasteiger partial charge in [-0.2, -0.15) is 0 Å². The highest BCUT2D eigenvalue weighted by atomic mass is 35.5. The van der Waals surface area contributed by atoms with Crippen molar-refractivity contribution in [2.45, 2.75) is 19.3 Å². The molecule has 88 valence electrons. The van der Waals surface area contributed by atoms with Crippen LogP contribution in [0.4, 0.5) is 4.39 Å². The number of carboxylic acid groups (broad SMARTS) is 1. The molecule has 1 atom stereocenters. The Morgan fingerprint density at radius 1 is 1.62 bits per heavy atom. The van der Waals surface area contributed by atoms with Gasteiger partial charge in [0.1, 0.15) is 0 Å². The summed E-state index contributed by atoms with van der Waals surface area (Å²) in [5.41, 5.74) is 0.547. The van der Waals surface area contributed by atoms with Crippen LogP contribution in [-0.4, -0.2) is 18.2 Å². The molecule has 0 aromatic heterocycles. The molecule has 1 N–H and O–H groups in total. The van der Waals surface area contributed by atoms with Crippen molar-refractivity contribution >= 4 is 17.6 Å². The Morgan fingerprint density at radius 2 is 2.25 bits per heavy atom. The number of hydrogen-bond acceptors (Lipinski definition) is 2. The highest BCUT2D eigenvalue weighted by molar-refractivity contribution is 6.32. The molecule has 0 aliphatic carbocycles. The molecule has 1 unspecified atom stereocenters. The van der Waals surface area contributed by atoms with Crippen molar-refractivity contribution in [2.75, 3.05) is 7.11 Å². The molecule has 0 spiro atoms. The lowest BCUT2D eigenvalue weighted by atomic mass is 9.97. The van der Waals surface area contributed by atoms with Crippen molar-refractivity contribution in [1.82, 2.24) is 0 Å². The molecule has 0 aliphatic rings. The van der Waals surface area contributed by atoms with Crippen LogP contribution in [0, 0.1) is 5.82 Å². The van der Waals surface area contributed by atoms with Gasteiger partial charge in [-0.3, -0.25) is 4.79 Å². The Labute approximate surface area is 97.8 Å². The van der Waals surface area contributed by atoms with Crippen LogP contribution in [0.25, 0.3) is 0 Å². The van der Waals surface area contributed by atoms with Crippen LogP contribution in [0.2, 0.25) is 5.02 Å². The Kier molecular flexibility index (Phi) is 4.12.